The van der Waals surface area contributed by atoms with E-state index in [4.69, 9.17) is 11.6 Å². The SMILES string of the molecule is O=C(N=Nc1c(O)[nH]c2ccc(Cl)cc12)c1cc(Br)ccc1O. The van der Waals surface area contributed by atoms with Crippen molar-refractivity contribution < 1.29 is 15.0 Å². The summed E-state index contributed by atoms with van der Waals surface area (Å²) in [5, 5.41) is 27.9. The fourth-order valence-corrected chi connectivity index (χ4v) is 2.60. The molecule has 0 aliphatic carbocycles. The molecular formula is C15H9BrClN3O3. The van der Waals surface area contributed by atoms with E-state index < -0.39 is 5.91 Å². The third-order valence-corrected chi connectivity index (χ3v) is 3.87. The van der Waals surface area contributed by atoms with Gasteiger partial charge in [0.2, 0.25) is 5.88 Å². The summed E-state index contributed by atoms with van der Waals surface area (Å²) in [6.45, 7) is 0. The van der Waals surface area contributed by atoms with Crippen molar-refractivity contribution in [2.75, 3.05) is 0 Å². The number of aromatic nitrogens is 1. The van der Waals surface area contributed by atoms with Crippen molar-refractivity contribution in [1.82, 2.24) is 4.98 Å². The van der Waals surface area contributed by atoms with E-state index in [1.165, 1.54) is 12.1 Å². The number of phenolic OH excluding ortho intramolecular Hbond substituents is 1. The van der Waals surface area contributed by atoms with Gasteiger partial charge >= 0.3 is 0 Å². The molecule has 2 aromatic carbocycles. The van der Waals surface area contributed by atoms with E-state index in [-0.39, 0.29) is 22.9 Å². The smallest absolute Gasteiger partial charge is 0.299 e. The highest BCUT2D eigenvalue weighted by Crippen LogP contribution is 2.37. The van der Waals surface area contributed by atoms with Crippen molar-refractivity contribution in [3.05, 3.63) is 51.5 Å². The lowest BCUT2D eigenvalue weighted by Crippen LogP contribution is -1.94. The number of amides is 1. The Morgan fingerprint density at radius 1 is 1.17 bits per heavy atom. The number of carbonyl (C=O) groups excluding carboxylic acids is 1. The summed E-state index contributed by atoms with van der Waals surface area (Å²) in [4.78, 5) is 14.8. The molecule has 3 N–H and O–H groups in total. The minimum absolute atomic E-state index is 0.000452. The predicted octanol–water partition coefficient (Wildman–Crippen LogP) is 4.92. The van der Waals surface area contributed by atoms with Gasteiger partial charge in [0.25, 0.3) is 5.91 Å². The molecule has 0 spiro atoms. The number of azo groups is 1. The van der Waals surface area contributed by atoms with Gasteiger partial charge in [0.1, 0.15) is 5.75 Å². The Morgan fingerprint density at radius 2 is 1.96 bits per heavy atom. The van der Waals surface area contributed by atoms with E-state index in [1.807, 2.05) is 0 Å². The minimum atomic E-state index is -0.737. The van der Waals surface area contributed by atoms with Gasteiger partial charge in [-0.2, -0.15) is 0 Å². The topological polar surface area (TPSA) is 98.0 Å². The number of phenols is 1. The largest absolute Gasteiger partial charge is 0.507 e. The Labute approximate surface area is 143 Å². The molecule has 0 bridgehead atoms. The molecule has 0 aliphatic heterocycles. The Balaban J connectivity index is 2.00. The van der Waals surface area contributed by atoms with Gasteiger partial charge in [0, 0.05) is 14.9 Å². The van der Waals surface area contributed by atoms with E-state index in [9.17, 15) is 15.0 Å². The van der Waals surface area contributed by atoms with Crippen LogP contribution in [0.15, 0.2) is 51.1 Å². The molecule has 0 fully saturated rings. The number of carbonyl (C=O) groups is 1. The highest BCUT2D eigenvalue weighted by atomic mass is 79.9. The van der Waals surface area contributed by atoms with Crippen LogP contribution in [0, 0.1) is 0 Å². The highest BCUT2D eigenvalue weighted by molar-refractivity contribution is 9.10. The average molecular weight is 395 g/mol. The zero-order valence-corrected chi connectivity index (χ0v) is 13.8. The van der Waals surface area contributed by atoms with Crippen LogP contribution in [0.4, 0.5) is 5.69 Å². The number of halogens is 2. The van der Waals surface area contributed by atoms with Crippen LogP contribution in [0.25, 0.3) is 10.9 Å². The van der Waals surface area contributed by atoms with Gasteiger partial charge in [0.15, 0.2) is 5.69 Å². The summed E-state index contributed by atoms with van der Waals surface area (Å²) >= 11 is 9.13. The summed E-state index contributed by atoms with van der Waals surface area (Å²) in [5.41, 5.74) is 0.712. The second-order valence-corrected chi connectivity index (χ2v) is 6.03. The predicted molar refractivity (Wildman–Crippen MR) is 89.6 cm³/mol. The molecule has 3 rings (SSSR count). The van der Waals surface area contributed by atoms with Gasteiger partial charge in [0.05, 0.1) is 11.1 Å². The van der Waals surface area contributed by atoms with E-state index in [2.05, 4.69) is 31.1 Å². The summed E-state index contributed by atoms with van der Waals surface area (Å²) in [7, 11) is 0. The minimum Gasteiger partial charge on any atom is -0.507 e. The van der Waals surface area contributed by atoms with E-state index in [1.54, 1.807) is 24.3 Å². The Bertz CT molecular complexity index is 953. The zero-order valence-electron chi connectivity index (χ0n) is 11.4. The van der Waals surface area contributed by atoms with Crippen LogP contribution < -0.4 is 0 Å². The first kappa shape index (κ1) is 15.5. The fraction of sp³-hybridized carbons (Fsp3) is 0. The normalized spacial score (nSPS) is 11.4. The lowest BCUT2D eigenvalue weighted by atomic mass is 10.2. The third kappa shape index (κ3) is 3.06. The van der Waals surface area contributed by atoms with Gasteiger partial charge in [-0.15, -0.1) is 10.2 Å². The van der Waals surface area contributed by atoms with Crippen LogP contribution in [0.2, 0.25) is 5.02 Å². The van der Waals surface area contributed by atoms with Crippen molar-refractivity contribution in [3.63, 3.8) is 0 Å². The molecule has 0 saturated carbocycles. The standard InChI is InChI=1S/C15H9BrClN3O3/c16-7-1-4-12(21)10(5-7)14(22)20-19-13-9-6-8(17)2-3-11(9)18-15(13)23/h1-6,18,21,23H. The molecule has 6 nitrogen and oxygen atoms in total. The van der Waals surface area contributed by atoms with Crippen molar-refractivity contribution in [2.45, 2.75) is 0 Å². The maximum absolute atomic E-state index is 12.1. The number of fused-ring (bicyclic) bond motifs is 1. The van der Waals surface area contributed by atoms with Crippen molar-refractivity contribution in [1.29, 1.82) is 0 Å². The second-order valence-electron chi connectivity index (χ2n) is 4.68. The molecule has 116 valence electrons. The second kappa shape index (κ2) is 6.02. The third-order valence-electron chi connectivity index (χ3n) is 3.14. The van der Waals surface area contributed by atoms with Gasteiger partial charge < -0.3 is 15.2 Å². The monoisotopic (exact) mass is 393 g/mol. The van der Waals surface area contributed by atoms with Crippen LogP contribution >= 0.6 is 27.5 Å². The number of hydrogen-bond acceptors (Lipinski definition) is 4. The Kier molecular flexibility index (Phi) is 4.06. The molecular weight excluding hydrogens is 386 g/mol. The number of nitrogens with one attached hydrogen (secondary N) is 1. The molecule has 1 amide bonds. The summed E-state index contributed by atoms with van der Waals surface area (Å²) in [5.74, 6) is -1.17. The molecule has 0 atom stereocenters. The van der Waals surface area contributed by atoms with Crippen LogP contribution in [-0.2, 0) is 0 Å². The molecule has 23 heavy (non-hydrogen) atoms. The summed E-state index contributed by atoms with van der Waals surface area (Å²) < 4.78 is 0.621. The van der Waals surface area contributed by atoms with Gasteiger partial charge in [-0.1, -0.05) is 27.5 Å². The number of rotatable bonds is 2. The Morgan fingerprint density at radius 3 is 2.74 bits per heavy atom. The van der Waals surface area contributed by atoms with E-state index in [0.717, 1.165) is 0 Å². The molecule has 0 unspecified atom stereocenters. The Hall–Kier alpha value is -2.38. The maximum Gasteiger partial charge on any atom is 0.299 e. The number of H-pyrrole nitrogens is 1. The molecule has 8 heteroatoms. The van der Waals surface area contributed by atoms with Crippen LogP contribution in [0.5, 0.6) is 11.6 Å². The lowest BCUT2D eigenvalue weighted by molar-refractivity contribution is 0.0992. The van der Waals surface area contributed by atoms with Crippen LogP contribution in [-0.4, -0.2) is 21.1 Å². The van der Waals surface area contributed by atoms with Crippen LogP contribution in [0.3, 0.4) is 0 Å². The quantitative estimate of drug-likeness (QED) is 0.538. The van der Waals surface area contributed by atoms with Gasteiger partial charge in [-0.05, 0) is 36.4 Å². The fourth-order valence-electron chi connectivity index (χ4n) is 2.07. The molecule has 1 heterocycles. The van der Waals surface area contributed by atoms with Crippen molar-refractivity contribution >= 4 is 50.0 Å². The number of aromatic amines is 1. The van der Waals surface area contributed by atoms with E-state index >= 15 is 0 Å². The summed E-state index contributed by atoms with van der Waals surface area (Å²) in [6.07, 6.45) is 0. The lowest BCUT2D eigenvalue weighted by Gasteiger charge is -1.99. The average Bonchev–Trinajstić information content (AvgIpc) is 2.82. The first-order valence-electron chi connectivity index (χ1n) is 6.40. The molecule has 0 aliphatic rings. The molecule has 0 radical (unpaired) electrons. The number of benzene rings is 2. The van der Waals surface area contributed by atoms with Gasteiger partial charge in [-0.3, -0.25) is 4.79 Å². The maximum atomic E-state index is 12.1. The first-order valence-corrected chi connectivity index (χ1v) is 7.57. The zero-order chi connectivity index (χ0) is 16.6. The van der Waals surface area contributed by atoms with E-state index in [0.29, 0.717) is 20.4 Å². The van der Waals surface area contributed by atoms with Crippen molar-refractivity contribution in [2.24, 2.45) is 10.2 Å². The molecule has 3 aromatic rings. The number of aromatic hydroxyl groups is 2. The number of hydrogen-bond donors (Lipinski definition) is 3. The van der Waals surface area contributed by atoms with Crippen LogP contribution in [0.1, 0.15) is 10.4 Å². The number of nitrogens with zero attached hydrogens (tertiary/aromatic N) is 2. The van der Waals surface area contributed by atoms with Gasteiger partial charge in [-0.25, -0.2) is 0 Å². The highest BCUT2D eigenvalue weighted by Gasteiger charge is 2.14. The first-order chi connectivity index (χ1) is 11.0. The molecule has 0 saturated heterocycles. The van der Waals surface area contributed by atoms with Crippen molar-refractivity contribution in [3.8, 4) is 11.6 Å². The summed E-state index contributed by atoms with van der Waals surface area (Å²) in [6, 6.07) is 9.33. The molecule has 1 aromatic heterocycles.